The summed E-state index contributed by atoms with van der Waals surface area (Å²) >= 11 is 5.88. The van der Waals surface area contributed by atoms with Crippen molar-refractivity contribution in [1.29, 1.82) is 0 Å². The van der Waals surface area contributed by atoms with Gasteiger partial charge in [0.05, 0.1) is 0 Å². The summed E-state index contributed by atoms with van der Waals surface area (Å²) in [4.78, 5) is 11.9. The van der Waals surface area contributed by atoms with Crippen LogP contribution in [-0.4, -0.2) is 10.6 Å². The molecule has 0 aliphatic heterocycles. The SMILES string of the molecule is O=C(Nc1ccc(-n2cccc2)cc1)Nc1cccc(Cl)c1. The van der Waals surface area contributed by atoms with Crippen LogP contribution in [0.5, 0.6) is 0 Å². The number of halogens is 1. The average Bonchev–Trinajstić information content (AvgIpc) is 3.02. The molecule has 0 radical (unpaired) electrons. The molecule has 0 saturated carbocycles. The number of urea groups is 1. The highest BCUT2D eigenvalue weighted by Crippen LogP contribution is 2.16. The van der Waals surface area contributed by atoms with Gasteiger partial charge in [-0.3, -0.25) is 0 Å². The lowest BCUT2D eigenvalue weighted by Gasteiger charge is -2.09. The number of anilines is 2. The Morgan fingerprint density at radius 3 is 2.23 bits per heavy atom. The molecule has 0 fully saturated rings. The first-order chi connectivity index (χ1) is 10.7. The van der Waals surface area contributed by atoms with Crippen LogP contribution in [0.4, 0.5) is 16.2 Å². The van der Waals surface area contributed by atoms with Crippen molar-refractivity contribution >= 4 is 29.0 Å². The lowest BCUT2D eigenvalue weighted by molar-refractivity contribution is 0.262. The van der Waals surface area contributed by atoms with E-state index in [0.29, 0.717) is 10.7 Å². The maximum absolute atomic E-state index is 11.9. The maximum atomic E-state index is 11.9. The molecule has 2 amide bonds. The van der Waals surface area contributed by atoms with E-state index >= 15 is 0 Å². The Hall–Kier alpha value is -2.72. The van der Waals surface area contributed by atoms with Crippen LogP contribution in [-0.2, 0) is 0 Å². The van der Waals surface area contributed by atoms with Gasteiger partial charge in [-0.25, -0.2) is 4.79 Å². The molecule has 5 heteroatoms. The van der Waals surface area contributed by atoms with Crippen LogP contribution in [0.1, 0.15) is 0 Å². The largest absolute Gasteiger partial charge is 0.324 e. The van der Waals surface area contributed by atoms with Crippen molar-refractivity contribution in [2.24, 2.45) is 0 Å². The van der Waals surface area contributed by atoms with Crippen molar-refractivity contribution in [1.82, 2.24) is 4.57 Å². The number of nitrogens with zero attached hydrogens (tertiary/aromatic N) is 1. The first kappa shape index (κ1) is 14.2. The fourth-order valence-corrected chi connectivity index (χ4v) is 2.27. The molecule has 0 bridgehead atoms. The second-order valence-electron chi connectivity index (χ2n) is 4.73. The zero-order chi connectivity index (χ0) is 15.4. The molecular weight excluding hydrogens is 298 g/mol. The van der Waals surface area contributed by atoms with E-state index in [9.17, 15) is 4.79 Å². The molecule has 0 spiro atoms. The smallest absolute Gasteiger partial charge is 0.323 e. The Morgan fingerprint density at radius 2 is 1.55 bits per heavy atom. The Balaban J connectivity index is 1.64. The average molecular weight is 312 g/mol. The van der Waals surface area contributed by atoms with Gasteiger partial charge in [-0.05, 0) is 54.6 Å². The third-order valence-corrected chi connectivity index (χ3v) is 3.35. The summed E-state index contributed by atoms with van der Waals surface area (Å²) in [6.07, 6.45) is 3.93. The predicted molar refractivity (Wildman–Crippen MR) is 89.9 cm³/mol. The first-order valence-electron chi connectivity index (χ1n) is 6.78. The number of nitrogens with one attached hydrogen (secondary N) is 2. The Kier molecular flexibility index (Phi) is 4.12. The van der Waals surface area contributed by atoms with E-state index in [1.165, 1.54) is 0 Å². The minimum Gasteiger partial charge on any atom is -0.324 e. The van der Waals surface area contributed by atoms with Gasteiger partial charge in [-0.1, -0.05) is 17.7 Å². The van der Waals surface area contributed by atoms with Crippen molar-refractivity contribution < 1.29 is 4.79 Å². The Labute approximate surface area is 133 Å². The van der Waals surface area contributed by atoms with Crippen molar-refractivity contribution in [2.45, 2.75) is 0 Å². The molecular formula is C17H14ClN3O. The summed E-state index contributed by atoms with van der Waals surface area (Å²) < 4.78 is 2.00. The van der Waals surface area contributed by atoms with Crippen LogP contribution in [0.25, 0.3) is 5.69 Å². The molecule has 2 aromatic carbocycles. The second-order valence-corrected chi connectivity index (χ2v) is 5.16. The van der Waals surface area contributed by atoms with Crippen LogP contribution < -0.4 is 10.6 Å². The molecule has 110 valence electrons. The van der Waals surface area contributed by atoms with E-state index in [1.54, 1.807) is 24.3 Å². The molecule has 3 aromatic rings. The molecule has 0 aliphatic rings. The Morgan fingerprint density at radius 1 is 0.864 bits per heavy atom. The van der Waals surface area contributed by atoms with E-state index < -0.39 is 0 Å². The highest BCUT2D eigenvalue weighted by Gasteiger charge is 2.03. The molecule has 1 aromatic heterocycles. The van der Waals surface area contributed by atoms with E-state index in [4.69, 9.17) is 11.6 Å². The summed E-state index contributed by atoms with van der Waals surface area (Å²) in [6, 6.07) is 18.2. The van der Waals surface area contributed by atoms with E-state index in [0.717, 1.165) is 11.4 Å². The Bertz CT molecular complexity index is 767. The number of amides is 2. The second kappa shape index (κ2) is 6.37. The number of benzene rings is 2. The summed E-state index contributed by atoms with van der Waals surface area (Å²) in [6.45, 7) is 0. The van der Waals surface area contributed by atoms with Gasteiger partial charge in [0, 0.05) is 34.5 Å². The van der Waals surface area contributed by atoms with Crippen LogP contribution in [0.2, 0.25) is 5.02 Å². The zero-order valence-electron chi connectivity index (χ0n) is 11.7. The van der Waals surface area contributed by atoms with Gasteiger partial charge < -0.3 is 15.2 Å². The fraction of sp³-hybridized carbons (Fsp3) is 0. The molecule has 0 atom stereocenters. The van der Waals surface area contributed by atoms with Gasteiger partial charge >= 0.3 is 6.03 Å². The van der Waals surface area contributed by atoms with Crippen LogP contribution in [0, 0.1) is 0 Å². The zero-order valence-corrected chi connectivity index (χ0v) is 12.4. The number of carbonyl (C=O) groups is 1. The highest BCUT2D eigenvalue weighted by molar-refractivity contribution is 6.30. The van der Waals surface area contributed by atoms with E-state index in [1.807, 2.05) is 53.4 Å². The van der Waals surface area contributed by atoms with Gasteiger partial charge in [0.2, 0.25) is 0 Å². The third-order valence-electron chi connectivity index (χ3n) is 3.11. The third kappa shape index (κ3) is 3.48. The highest BCUT2D eigenvalue weighted by atomic mass is 35.5. The normalized spacial score (nSPS) is 10.2. The first-order valence-corrected chi connectivity index (χ1v) is 7.15. The minimum absolute atomic E-state index is 0.309. The van der Waals surface area contributed by atoms with E-state index in [2.05, 4.69) is 10.6 Å². The van der Waals surface area contributed by atoms with Gasteiger partial charge in [-0.2, -0.15) is 0 Å². The molecule has 2 N–H and O–H groups in total. The number of hydrogen-bond donors (Lipinski definition) is 2. The number of rotatable bonds is 3. The van der Waals surface area contributed by atoms with E-state index in [-0.39, 0.29) is 6.03 Å². The van der Waals surface area contributed by atoms with Crippen molar-refractivity contribution in [2.75, 3.05) is 10.6 Å². The van der Waals surface area contributed by atoms with Crippen LogP contribution in [0.15, 0.2) is 73.1 Å². The summed E-state index contributed by atoms with van der Waals surface area (Å²) in [5.41, 5.74) is 2.40. The van der Waals surface area contributed by atoms with Gasteiger partial charge in [-0.15, -0.1) is 0 Å². The number of hydrogen-bond acceptors (Lipinski definition) is 1. The monoisotopic (exact) mass is 311 g/mol. The number of aromatic nitrogens is 1. The molecule has 0 saturated heterocycles. The minimum atomic E-state index is -0.309. The standard InChI is InChI=1S/C17H14ClN3O/c18-13-4-3-5-15(12-13)20-17(22)19-14-6-8-16(9-7-14)21-10-1-2-11-21/h1-12H,(H2,19,20,22). The van der Waals surface area contributed by atoms with Gasteiger partial charge in [0.15, 0.2) is 0 Å². The molecule has 22 heavy (non-hydrogen) atoms. The molecule has 3 rings (SSSR count). The number of carbonyl (C=O) groups excluding carboxylic acids is 1. The predicted octanol–water partition coefficient (Wildman–Crippen LogP) is 4.77. The lowest BCUT2D eigenvalue weighted by atomic mass is 10.3. The molecule has 4 nitrogen and oxygen atoms in total. The molecule has 0 aliphatic carbocycles. The lowest BCUT2D eigenvalue weighted by Crippen LogP contribution is -2.19. The topological polar surface area (TPSA) is 46.1 Å². The summed E-state index contributed by atoms with van der Waals surface area (Å²) in [7, 11) is 0. The van der Waals surface area contributed by atoms with Crippen molar-refractivity contribution in [3.8, 4) is 5.69 Å². The summed E-state index contributed by atoms with van der Waals surface area (Å²) in [5.74, 6) is 0. The summed E-state index contributed by atoms with van der Waals surface area (Å²) in [5, 5.41) is 6.09. The molecule has 1 heterocycles. The van der Waals surface area contributed by atoms with Crippen molar-refractivity contribution in [3.05, 3.63) is 78.1 Å². The fourth-order valence-electron chi connectivity index (χ4n) is 2.08. The van der Waals surface area contributed by atoms with Gasteiger partial charge in [0.25, 0.3) is 0 Å². The quantitative estimate of drug-likeness (QED) is 0.718. The van der Waals surface area contributed by atoms with Gasteiger partial charge in [0.1, 0.15) is 0 Å². The van der Waals surface area contributed by atoms with Crippen LogP contribution >= 0.6 is 11.6 Å². The van der Waals surface area contributed by atoms with Crippen LogP contribution in [0.3, 0.4) is 0 Å². The van der Waals surface area contributed by atoms with Crippen molar-refractivity contribution in [3.63, 3.8) is 0 Å². The molecule has 0 unspecified atom stereocenters. The maximum Gasteiger partial charge on any atom is 0.323 e.